The van der Waals surface area contributed by atoms with Gasteiger partial charge in [-0.1, -0.05) is 0 Å². The molecular weight excluding hydrogens is 316 g/mol. The molecule has 1 heterocycles. The van der Waals surface area contributed by atoms with Crippen molar-refractivity contribution in [1.82, 2.24) is 14.7 Å². The van der Waals surface area contributed by atoms with E-state index in [1.807, 2.05) is 0 Å². The van der Waals surface area contributed by atoms with Gasteiger partial charge in [0.15, 0.2) is 0 Å². The Morgan fingerprint density at radius 2 is 2.26 bits per heavy atom. The topological polar surface area (TPSA) is 87.5 Å². The Kier molecular flexibility index (Phi) is 5.97. The van der Waals surface area contributed by atoms with E-state index in [2.05, 4.69) is 26.3 Å². The highest BCUT2D eigenvalue weighted by molar-refractivity contribution is 9.10. The Morgan fingerprint density at radius 1 is 1.58 bits per heavy atom. The standard InChI is InChI=1S/C11H17BrN4O3/c1-15(2)9(18)3-4-13-8-7-14-16(5-6-17)11(19)10(8)12/h7,13,17H,3-6H2,1-2H3. The number of hydrogen-bond donors (Lipinski definition) is 2. The van der Waals surface area contributed by atoms with Crippen molar-refractivity contribution < 1.29 is 9.90 Å². The number of carbonyl (C=O) groups is 1. The first-order valence-electron chi connectivity index (χ1n) is 5.78. The van der Waals surface area contributed by atoms with Gasteiger partial charge in [-0.05, 0) is 15.9 Å². The van der Waals surface area contributed by atoms with E-state index in [1.165, 1.54) is 15.8 Å². The third-order valence-electron chi connectivity index (χ3n) is 2.45. The van der Waals surface area contributed by atoms with Gasteiger partial charge >= 0.3 is 0 Å². The zero-order chi connectivity index (χ0) is 14.4. The van der Waals surface area contributed by atoms with Crippen LogP contribution in [0.15, 0.2) is 15.5 Å². The van der Waals surface area contributed by atoms with Crippen LogP contribution >= 0.6 is 15.9 Å². The molecule has 0 radical (unpaired) electrons. The number of nitrogens with one attached hydrogen (secondary N) is 1. The number of amides is 1. The molecule has 0 saturated carbocycles. The van der Waals surface area contributed by atoms with Crippen LogP contribution in [0.2, 0.25) is 0 Å². The maximum atomic E-state index is 11.8. The number of hydrogen-bond acceptors (Lipinski definition) is 5. The van der Waals surface area contributed by atoms with Crippen LogP contribution in [0.1, 0.15) is 6.42 Å². The Balaban J connectivity index is 2.68. The number of rotatable bonds is 6. The normalized spacial score (nSPS) is 10.3. The Labute approximate surface area is 119 Å². The number of aliphatic hydroxyl groups excluding tert-OH is 1. The largest absolute Gasteiger partial charge is 0.394 e. The van der Waals surface area contributed by atoms with Crippen molar-refractivity contribution in [3.05, 3.63) is 21.0 Å². The summed E-state index contributed by atoms with van der Waals surface area (Å²) < 4.78 is 1.51. The molecule has 106 valence electrons. The summed E-state index contributed by atoms with van der Waals surface area (Å²) in [5.41, 5.74) is 0.212. The van der Waals surface area contributed by atoms with E-state index in [0.29, 0.717) is 23.1 Å². The second-order valence-electron chi connectivity index (χ2n) is 4.09. The maximum absolute atomic E-state index is 11.8. The Morgan fingerprint density at radius 3 is 2.84 bits per heavy atom. The average Bonchev–Trinajstić information content (AvgIpc) is 2.37. The van der Waals surface area contributed by atoms with E-state index in [1.54, 1.807) is 14.1 Å². The lowest BCUT2D eigenvalue weighted by atomic mass is 10.3. The predicted octanol–water partition coefficient (Wildman–Crippen LogP) is -0.112. The summed E-state index contributed by atoms with van der Waals surface area (Å²) >= 11 is 3.18. The minimum atomic E-state index is -0.321. The highest BCUT2D eigenvalue weighted by atomic mass is 79.9. The molecule has 0 aromatic carbocycles. The molecular formula is C11H17BrN4O3. The molecule has 0 aliphatic rings. The number of aliphatic hydroxyl groups is 1. The molecule has 1 aromatic heterocycles. The summed E-state index contributed by atoms with van der Waals surface area (Å²) in [5, 5.41) is 15.7. The second-order valence-corrected chi connectivity index (χ2v) is 4.88. The van der Waals surface area contributed by atoms with Gasteiger partial charge in [0.05, 0.1) is 25.0 Å². The van der Waals surface area contributed by atoms with E-state index in [0.717, 1.165) is 0 Å². The second kappa shape index (κ2) is 7.25. The number of nitrogens with zero attached hydrogens (tertiary/aromatic N) is 3. The lowest BCUT2D eigenvalue weighted by Gasteiger charge is -2.12. The molecule has 0 bridgehead atoms. The molecule has 0 atom stereocenters. The third kappa shape index (κ3) is 4.32. The summed E-state index contributed by atoms with van der Waals surface area (Å²) in [6, 6.07) is 0. The Bertz CT molecular complexity index is 501. The van der Waals surface area contributed by atoms with Crippen molar-refractivity contribution in [1.29, 1.82) is 0 Å². The lowest BCUT2D eigenvalue weighted by Crippen LogP contribution is -2.27. The van der Waals surface area contributed by atoms with Gasteiger partial charge in [-0.2, -0.15) is 5.10 Å². The molecule has 1 amide bonds. The van der Waals surface area contributed by atoms with Crippen LogP contribution in [0.5, 0.6) is 0 Å². The molecule has 0 aliphatic heterocycles. The van der Waals surface area contributed by atoms with Crippen molar-refractivity contribution >= 4 is 27.5 Å². The fraction of sp³-hybridized carbons (Fsp3) is 0.545. The van der Waals surface area contributed by atoms with Crippen molar-refractivity contribution in [2.75, 3.05) is 32.6 Å². The number of carbonyl (C=O) groups excluding carboxylic acids is 1. The average molecular weight is 333 g/mol. The van der Waals surface area contributed by atoms with Crippen molar-refractivity contribution in [2.24, 2.45) is 0 Å². The van der Waals surface area contributed by atoms with E-state index < -0.39 is 0 Å². The summed E-state index contributed by atoms with van der Waals surface area (Å²) in [7, 11) is 3.38. The van der Waals surface area contributed by atoms with Crippen LogP contribution < -0.4 is 10.9 Å². The SMILES string of the molecule is CN(C)C(=O)CCNc1cnn(CCO)c(=O)c1Br. The molecule has 1 aromatic rings. The Hall–Kier alpha value is -1.41. The minimum absolute atomic E-state index is 0.00482. The molecule has 1 rings (SSSR count). The molecule has 0 spiro atoms. The molecule has 19 heavy (non-hydrogen) atoms. The van der Waals surface area contributed by atoms with Gasteiger partial charge in [0, 0.05) is 27.1 Å². The van der Waals surface area contributed by atoms with Gasteiger partial charge in [0.2, 0.25) is 5.91 Å². The van der Waals surface area contributed by atoms with Crippen molar-refractivity contribution in [3.8, 4) is 0 Å². The summed E-state index contributed by atoms with van der Waals surface area (Å²) in [6.45, 7) is 0.418. The van der Waals surface area contributed by atoms with Gasteiger partial charge in [0.1, 0.15) is 4.47 Å². The molecule has 8 heteroatoms. The summed E-state index contributed by atoms with van der Waals surface area (Å²) in [4.78, 5) is 24.7. The van der Waals surface area contributed by atoms with E-state index >= 15 is 0 Å². The molecule has 0 unspecified atom stereocenters. The molecule has 2 N–H and O–H groups in total. The van der Waals surface area contributed by atoms with Gasteiger partial charge in [0.25, 0.3) is 5.56 Å². The zero-order valence-electron chi connectivity index (χ0n) is 10.9. The molecule has 0 fully saturated rings. The fourth-order valence-corrected chi connectivity index (χ4v) is 1.82. The first-order chi connectivity index (χ1) is 8.97. The zero-order valence-corrected chi connectivity index (χ0v) is 12.5. The van der Waals surface area contributed by atoms with Crippen LogP contribution in [-0.2, 0) is 11.3 Å². The van der Waals surface area contributed by atoms with Crippen molar-refractivity contribution in [3.63, 3.8) is 0 Å². The van der Waals surface area contributed by atoms with Crippen LogP contribution in [0.3, 0.4) is 0 Å². The highest BCUT2D eigenvalue weighted by Crippen LogP contribution is 2.15. The van der Waals surface area contributed by atoms with Crippen LogP contribution in [0.25, 0.3) is 0 Å². The first kappa shape index (κ1) is 15.6. The van der Waals surface area contributed by atoms with E-state index in [9.17, 15) is 9.59 Å². The van der Waals surface area contributed by atoms with Gasteiger partial charge < -0.3 is 15.3 Å². The predicted molar refractivity (Wildman–Crippen MR) is 75.1 cm³/mol. The van der Waals surface area contributed by atoms with E-state index in [4.69, 9.17) is 5.11 Å². The monoisotopic (exact) mass is 332 g/mol. The molecule has 7 nitrogen and oxygen atoms in total. The maximum Gasteiger partial charge on any atom is 0.283 e. The van der Waals surface area contributed by atoms with Gasteiger partial charge in [-0.3, -0.25) is 9.59 Å². The fourth-order valence-electron chi connectivity index (χ4n) is 1.37. The molecule has 0 saturated heterocycles. The molecule has 0 aliphatic carbocycles. The first-order valence-corrected chi connectivity index (χ1v) is 6.57. The highest BCUT2D eigenvalue weighted by Gasteiger charge is 2.09. The summed E-state index contributed by atoms with van der Waals surface area (Å²) in [6.07, 6.45) is 1.82. The minimum Gasteiger partial charge on any atom is -0.394 e. The van der Waals surface area contributed by atoms with Crippen molar-refractivity contribution in [2.45, 2.75) is 13.0 Å². The lowest BCUT2D eigenvalue weighted by molar-refractivity contribution is -0.128. The quantitative estimate of drug-likeness (QED) is 0.758. The number of halogens is 1. The smallest absolute Gasteiger partial charge is 0.283 e. The van der Waals surface area contributed by atoms with Crippen LogP contribution in [0, 0.1) is 0 Å². The third-order valence-corrected chi connectivity index (χ3v) is 3.22. The van der Waals surface area contributed by atoms with Gasteiger partial charge in [-0.15, -0.1) is 0 Å². The van der Waals surface area contributed by atoms with Gasteiger partial charge in [-0.25, -0.2) is 4.68 Å². The van der Waals surface area contributed by atoms with Crippen LogP contribution in [-0.4, -0.2) is 52.9 Å². The van der Waals surface area contributed by atoms with E-state index in [-0.39, 0.29) is 24.6 Å². The number of anilines is 1. The van der Waals surface area contributed by atoms with Crippen LogP contribution in [0.4, 0.5) is 5.69 Å². The summed E-state index contributed by atoms with van der Waals surface area (Å²) in [5.74, 6) is 0.00482. The number of aromatic nitrogens is 2.